The van der Waals surface area contributed by atoms with E-state index in [-0.39, 0.29) is 11.7 Å². The van der Waals surface area contributed by atoms with Gasteiger partial charge in [0.25, 0.3) is 0 Å². The third-order valence-electron chi connectivity index (χ3n) is 4.18. The van der Waals surface area contributed by atoms with Gasteiger partial charge in [0, 0.05) is 23.1 Å². The second-order valence-corrected chi connectivity index (χ2v) is 7.10. The van der Waals surface area contributed by atoms with Crippen molar-refractivity contribution in [1.29, 1.82) is 0 Å². The zero-order valence-corrected chi connectivity index (χ0v) is 15.6. The highest BCUT2D eigenvalue weighted by Gasteiger charge is 2.15. The fourth-order valence-corrected chi connectivity index (χ4v) is 3.54. The van der Waals surface area contributed by atoms with E-state index in [1.807, 2.05) is 38.1 Å². The molecule has 0 atom stereocenters. The molecule has 4 heteroatoms. The lowest BCUT2D eigenvalue weighted by molar-refractivity contribution is -0.114. The quantitative estimate of drug-likeness (QED) is 0.624. The zero-order valence-electron chi connectivity index (χ0n) is 14.8. The maximum absolute atomic E-state index is 12.7. The van der Waals surface area contributed by atoms with E-state index >= 15 is 0 Å². The minimum Gasteiger partial charge on any atom is -0.326 e. The summed E-state index contributed by atoms with van der Waals surface area (Å²) >= 11 is 1.52. The standard InChI is InChI=1S/C20H23NO2S/c1-12-10-13(2)20(15(4)14(12)3)19(23)11-24-18-8-6-17(7-9-18)21-16(5)22/h6-10H,11H2,1-5H3,(H,21,22). The van der Waals surface area contributed by atoms with Crippen molar-refractivity contribution < 1.29 is 9.59 Å². The van der Waals surface area contributed by atoms with Gasteiger partial charge in [-0.25, -0.2) is 0 Å². The van der Waals surface area contributed by atoms with Crippen molar-refractivity contribution in [3.63, 3.8) is 0 Å². The number of carbonyl (C=O) groups is 2. The molecule has 1 amide bonds. The lowest BCUT2D eigenvalue weighted by Gasteiger charge is -2.14. The third kappa shape index (κ3) is 4.26. The highest BCUT2D eigenvalue weighted by atomic mass is 32.2. The molecule has 2 rings (SSSR count). The first-order valence-corrected chi connectivity index (χ1v) is 8.89. The monoisotopic (exact) mass is 341 g/mol. The van der Waals surface area contributed by atoms with Crippen LogP contribution in [0.1, 0.15) is 39.5 Å². The van der Waals surface area contributed by atoms with Gasteiger partial charge >= 0.3 is 0 Å². The number of amides is 1. The van der Waals surface area contributed by atoms with Gasteiger partial charge in [0.2, 0.25) is 5.91 Å². The Morgan fingerprint density at radius 2 is 1.58 bits per heavy atom. The topological polar surface area (TPSA) is 46.2 Å². The summed E-state index contributed by atoms with van der Waals surface area (Å²) in [7, 11) is 0. The molecule has 0 spiro atoms. The van der Waals surface area contributed by atoms with Gasteiger partial charge in [-0.15, -0.1) is 11.8 Å². The van der Waals surface area contributed by atoms with Crippen molar-refractivity contribution in [2.75, 3.05) is 11.1 Å². The lowest BCUT2D eigenvalue weighted by Crippen LogP contribution is -2.09. The van der Waals surface area contributed by atoms with Crippen molar-refractivity contribution in [2.45, 2.75) is 39.5 Å². The van der Waals surface area contributed by atoms with Crippen LogP contribution in [0.5, 0.6) is 0 Å². The maximum atomic E-state index is 12.7. The molecule has 2 aromatic carbocycles. The highest BCUT2D eigenvalue weighted by Crippen LogP contribution is 2.26. The van der Waals surface area contributed by atoms with E-state index in [1.54, 1.807) is 0 Å². The molecular formula is C20H23NO2S. The zero-order chi connectivity index (χ0) is 17.9. The minimum absolute atomic E-state index is 0.0914. The summed E-state index contributed by atoms with van der Waals surface area (Å²) in [4.78, 5) is 24.7. The minimum atomic E-state index is -0.0914. The molecule has 0 saturated carbocycles. The van der Waals surface area contributed by atoms with Crippen LogP contribution in [0.25, 0.3) is 0 Å². The molecule has 0 aromatic heterocycles. The first-order valence-electron chi connectivity index (χ1n) is 7.90. The van der Waals surface area contributed by atoms with Crippen LogP contribution in [0.15, 0.2) is 35.2 Å². The second-order valence-electron chi connectivity index (χ2n) is 6.05. The lowest BCUT2D eigenvalue weighted by atomic mass is 9.92. The molecule has 0 fully saturated rings. The smallest absolute Gasteiger partial charge is 0.221 e. The number of rotatable bonds is 5. The van der Waals surface area contributed by atoms with Gasteiger partial charge in [-0.1, -0.05) is 6.07 Å². The Labute approximate surface area is 147 Å². The summed E-state index contributed by atoms with van der Waals surface area (Å²) in [5.41, 5.74) is 6.15. The van der Waals surface area contributed by atoms with Crippen LogP contribution < -0.4 is 5.32 Å². The summed E-state index contributed by atoms with van der Waals surface area (Å²) in [6.45, 7) is 9.65. The molecule has 24 heavy (non-hydrogen) atoms. The predicted octanol–water partition coefficient (Wildman–Crippen LogP) is 4.85. The molecule has 0 aliphatic heterocycles. The van der Waals surface area contributed by atoms with Crippen LogP contribution in [0, 0.1) is 27.7 Å². The number of carbonyl (C=O) groups excluding carboxylic acids is 2. The van der Waals surface area contributed by atoms with Crippen LogP contribution in [0.2, 0.25) is 0 Å². The Bertz CT molecular complexity index is 779. The molecule has 0 heterocycles. The Balaban J connectivity index is 2.09. The van der Waals surface area contributed by atoms with Crippen LogP contribution >= 0.6 is 11.8 Å². The molecule has 3 nitrogen and oxygen atoms in total. The number of ketones is 1. The van der Waals surface area contributed by atoms with Gasteiger partial charge in [0.05, 0.1) is 5.75 Å². The van der Waals surface area contributed by atoms with E-state index < -0.39 is 0 Å². The third-order valence-corrected chi connectivity index (χ3v) is 5.19. The van der Waals surface area contributed by atoms with Gasteiger partial charge in [-0.3, -0.25) is 9.59 Å². The molecular weight excluding hydrogens is 318 g/mol. The van der Waals surface area contributed by atoms with Crippen molar-refractivity contribution in [3.05, 3.63) is 58.1 Å². The van der Waals surface area contributed by atoms with Crippen LogP contribution in [-0.2, 0) is 4.79 Å². The predicted molar refractivity (Wildman–Crippen MR) is 101 cm³/mol. The summed E-state index contributed by atoms with van der Waals surface area (Å²) in [6.07, 6.45) is 0. The van der Waals surface area contributed by atoms with Gasteiger partial charge in [-0.2, -0.15) is 0 Å². The number of aryl methyl sites for hydroxylation is 2. The molecule has 0 bridgehead atoms. The normalized spacial score (nSPS) is 10.5. The number of Topliss-reactive ketones (excluding diaryl/α,β-unsaturated/α-hetero) is 1. The molecule has 0 radical (unpaired) electrons. The fraction of sp³-hybridized carbons (Fsp3) is 0.300. The highest BCUT2D eigenvalue weighted by molar-refractivity contribution is 8.00. The van der Waals surface area contributed by atoms with Crippen molar-refractivity contribution in [3.8, 4) is 0 Å². The number of nitrogens with one attached hydrogen (secondary N) is 1. The Morgan fingerprint density at radius 1 is 0.958 bits per heavy atom. The molecule has 0 aliphatic rings. The summed E-state index contributed by atoms with van der Waals surface area (Å²) in [5.74, 6) is 0.472. The average Bonchev–Trinajstić information content (AvgIpc) is 2.51. The van der Waals surface area contributed by atoms with Crippen molar-refractivity contribution in [2.24, 2.45) is 0 Å². The van der Waals surface area contributed by atoms with E-state index in [4.69, 9.17) is 0 Å². The van der Waals surface area contributed by atoms with Gasteiger partial charge < -0.3 is 5.32 Å². The number of benzene rings is 2. The number of anilines is 1. The molecule has 1 N–H and O–H groups in total. The number of thioether (sulfide) groups is 1. The summed E-state index contributed by atoms with van der Waals surface area (Å²) < 4.78 is 0. The Kier molecular flexibility index (Phi) is 5.84. The largest absolute Gasteiger partial charge is 0.326 e. The maximum Gasteiger partial charge on any atom is 0.221 e. The van der Waals surface area contributed by atoms with E-state index in [9.17, 15) is 9.59 Å². The van der Waals surface area contributed by atoms with Crippen molar-refractivity contribution >= 4 is 29.1 Å². The Hall–Kier alpha value is -2.07. The second kappa shape index (κ2) is 7.67. The molecule has 2 aromatic rings. The molecule has 0 aliphatic carbocycles. The van der Waals surface area contributed by atoms with E-state index in [0.717, 1.165) is 27.3 Å². The number of hydrogen-bond acceptors (Lipinski definition) is 3. The average molecular weight is 341 g/mol. The van der Waals surface area contributed by atoms with Crippen molar-refractivity contribution in [1.82, 2.24) is 0 Å². The van der Waals surface area contributed by atoms with Crippen LogP contribution in [0.4, 0.5) is 5.69 Å². The SMILES string of the molecule is CC(=O)Nc1ccc(SCC(=O)c2c(C)cc(C)c(C)c2C)cc1. The molecule has 0 unspecified atom stereocenters. The number of hydrogen-bond donors (Lipinski definition) is 1. The fourth-order valence-electron chi connectivity index (χ4n) is 2.77. The van der Waals surface area contributed by atoms with E-state index in [2.05, 4.69) is 25.2 Å². The molecule has 126 valence electrons. The first kappa shape index (κ1) is 18.3. The van der Waals surface area contributed by atoms with E-state index in [0.29, 0.717) is 5.75 Å². The first-order chi connectivity index (χ1) is 11.3. The van der Waals surface area contributed by atoms with Gasteiger partial charge in [0.1, 0.15) is 0 Å². The summed E-state index contributed by atoms with van der Waals surface area (Å²) in [5, 5.41) is 2.73. The Morgan fingerprint density at radius 3 is 2.17 bits per heavy atom. The van der Waals surface area contributed by atoms with Crippen LogP contribution in [0.3, 0.4) is 0 Å². The van der Waals surface area contributed by atoms with Gasteiger partial charge in [-0.05, 0) is 74.2 Å². The van der Waals surface area contributed by atoms with E-state index in [1.165, 1.54) is 29.8 Å². The van der Waals surface area contributed by atoms with Crippen LogP contribution in [-0.4, -0.2) is 17.4 Å². The van der Waals surface area contributed by atoms with Gasteiger partial charge in [0.15, 0.2) is 5.78 Å². The molecule has 0 saturated heterocycles. The summed E-state index contributed by atoms with van der Waals surface area (Å²) in [6, 6.07) is 9.62.